The first-order valence-electron chi connectivity index (χ1n) is 7.84. The van der Waals surface area contributed by atoms with Gasteiger partial charge in [0.15, 0.2) is 11.4 Å². The molecular formula is C17H22N4OS. The largest absolute Gasteiger partial charge is 0.349 e. The number of nitrogens with one attached hydrogen (secondary N) is 2. The number of rotatable bonds is 3. The number of hydrogen-bond donors (Lipinski definition) is 2. The third-order valence-corrected chi connectivity index (χ3v) is 4.65. The maximum Gasteiger partial charge on any atom is 0.251 e. The molecule has 1 aromatic carbocycles. The summed E-state index contributed by atoms with van der Waals surface area (Å²) in [5.74, 6) is -0.0367. The highest BCUT2D eigenvalue weighted by Gasteiger charge is 2.18. The van der Waals surface area contributed by atoms with Crippen molar-refractivity contribution in [2.24, 2.45) is 4.99 Å². The molecule has 1 aliphatic rings. The first kappa shape index (κ1) is 17.4. The third kappa shape index (κ3) is 4.73. The molecule has 1 aliphatic carbocycles. The van der Waals surface area contributed by atoms with E-state index >= 15 is 0 Å². The maximum atomic E-state index is 12.5. The van der Waals surface area contributed by atoms with E-state index in [4.69, 9.17) is 5.26 Å². The molecule has 2 N–H and O–H groups in total. The first-order valence-corrected chi connectivity index (χ1v) is 9.06. The summed E-state index contributed by atoms with van der Waals surface area (Å²) in [5, 5.41) is 14.9. The highest BCUT2D eigenvalue weighted by molar-refractivity contribution is 8.13. The van der Waals surface area contributed by atoms with Gasteiger partial charge in [-0.2, -0.15) is 5.26 Å². The maximum absolute atomic E-state index is 12.5. The summed E-state index contributed by atoms with van der Waals surface area (Å²) in [6.45, 7) is 1.89. The van der Waals surface area contributed by atoms with Crippen molar-refractivity contribution in [1.82, 2.24) is 10.6 Å². The molecule has 0 bridgehead atoms. The van der Waals surface area contributed by atoms with E-state index in [0.717, 1.165) is 18.4 Å². The summed E-state index contributed by atoms with van der Waals surface area (Å²) in [6.07, 6.45) is 9.47. The zero-order valence-corrected chi connectivity index (χ0v) is 14.4. The molecule has 0 aromatic heterocycles. The van der Waals surface area contributed by atoms with Gasteiger partial charge in [0.05, 0.1) is 5.69 Å². The third-order valence-electron chi connectivity index (χ3n) is 4.07. The standard InChI is InChI=1S/C17H22N4OS/c1-12-14(16(22)20-13-7-4-3-5-8-13)9-6-10-15(12)21-17(23-2)19-11-18/h6,9-10,13H,3-5,7-8H2,1-2H3,(H,19,21)(H,20,22). The Morgan fingerprint density at radius 3 is 2.74 bits per heavy atom. The number of amidine groups is 1. The topological polar surface area (TPSA) is 77.3 Å². The lowest BCUT2D eigenvalue weighted by Gasteiger charge is -2.23. The van der Waals surface area contributed by atoms with Crippen LogP contribution in [0.2, 0.25) is 0 Å². The normalized spacial score (nSPS) is 15.8. The summed E-state index contributed by atoms with van der Waals surface area (Å²) >= 11 is 1.36. The Balaban J connectivity index is 2.18. The lowest BCUT2D eigenvalue weighted by Crippen LogP contribution is -2.36. The Bertz CT molecular complexity index is 630. The van der Waals surface area contributed by atoms with E-state index in [2.05, 4.69) is 15.6 Å². The monoisotopic (exact) mass is 330 g/mol. The minimum atomic E-state index is -0.0367. The van der Waals surface area contributed by atoms with Crippen molar-refractivity contribution in [3.63, 3.8) is 0 Å². The smallest absolute Gasteiger partial charge is 0.251 e. The van der Waals surface area contributed by atoms with Gasteiger partial charge in [-0.25, -0.2) is 4.99 Å². The van der Waals surface area contributed by atoms with Crippen LogP contribution in [0.5, 0.6) is 0 Å². The van der Waals surface area contributed by atoms with Crippen LogP contribution < -0.4 is 10.6 Å². The molecule has 1 fully saturated rings. The van der Waals surface area contributed by atoms with Gasteiger partial charge in [0.25, 0.3) is 5.91 Å². The van der Waals surface area contributed by atoms with Gasteiger partial charge in [-0.3, -0.25) is 10.1 Å². The quantitative estimate of drug-likeness (QED) is 0.385. The van der Waals surface area contributed by atoms with Crippen molar-refractivity contribution >= 4 is 28.5 Å². The molecule has 1 amide bonds. The Morgan fingerprint density at radius 2 is 2.09 bits per heavy atom. The van der Waals surface area contributed by atoms with Gasteiger partial charge in [-0.05, 0) is 43.7 Å². The number of thioether (sulfide) groups is 1. The number of nitrogens with zero attached hydrogens (tertiary/aromatic N) is 2. The van der Waals surface area contributed by atoms with Gasteiger partial charge in [0, 0.05) is 11.6 Å². The number of nitriles is 1. The van der Waals surface area contributed by atoms with E-state index in [1.165, 1.54) is 31.0 Å². The lowest BCUT2D eigenvalue weighted by molar-refractivity contribution is 0.0927. The predicted octanol–water partition coefficient (Wildman–Crippen LogP) is 3.48. The summed E-state index contributed by atoms with van der Waals surface area (Å²) in [7, 11) is 0. The number of carbonyl (C=O) groups excluding carboxylic acids is 1. The molecule has 0 spiro atoms. The summed E-state index contributed by atoms with van der Waals surface area (Å²) in [4.78, 5) is 17.0. The Labute approximate surface area is 141 Å². The first-order chi connectivity index (χ1) is 11.2. The summed E-state index contributed by atoms with van der Waals surface area (Å²) in [6, 6.07) is 5.78. The van der Waals surface area contributed by atoms with Crippen LogP contribution in [0, 0.1) is 18.4 Å². The number of carbonyl (C=O) groups is 1. The molecule has 1 saturated carbocycles. The van der Waals surface area contributed by atoms with Gasteiger partial charge >= 0.3 is 0 Å². The molecule has 0 atom stereocenters. The molecule has 23 heavy (non-hydrogen) atoms. The molecule has 0 heterocycles. The fourth-order valence-corrected chi connectivity index (χ4v) is 3.12. The van der Waals surface area contributed by atoms with Crippen LogP contribution in [0.15, 0.2) is 23.2 Å². The SMILES string of the molecule is CSC(=Nc1cccc(C(=O)NC2CCCCC2)c1C)NC#N. The zero-order valence-electron chi connectivity index (χ0n) is 13.6. The van der Waals surface area contributed by atoms with Crippen LogP contribution >= 0.6 is 11.8 Å². The minimum absolute atomic E-state index is 0.0367. The highest BCUT2D eigenvalue weighted by atomic mass is 32.2. The Kier molecular flexibility index (Phi) is 6.48. The molecule has 5 nitrogen and oxygen atoms in total. The minimum Gasteiger partial charge on any atom is -0.349 e. The second kappa shape index (κ2) is 8.59. The molecule has 0 unspecified atom stereocenters. The Morgan fingerprint density at radius 1 is 1.35 bits per heavy atom. The second-order valence-electron chi connectivity index (χ2n) is 5.62. The van der Waals surface area contributed by atoms with Crippen molar-refractivity contribution in [2.45, 2.75) is 45.1 Å². The van der Waals surface area contributed by atoms with Gasteiger partial charge < -0.3 is 5.32 Å². The van der Waals surface area contributed by atoms with Gasteiger partial charge in [-0.15, -0.1) is 0 Å². The van der Waals surface area contributed by atoms with E-state index in [1.54, 1.807) is 0 Å². The average molecular weight is 330 g/mol. The van der Waals surface area contributed by atoms with E-state index in [9.17, 15) is 4.79 Å². The number of aliphatic imine (C=N–C) groups is 1. The fraction of sp³-hybridized carbons (Fsp3) is 0.471. The van der Waals surface area contributed by atoms with Crippen molar-refractivity contribution in [3.05, 3.63) is 29.3 Å². The Hall–Kier alpha value is -2.00. The number of amides is 1. The lowest BCUT2D eigenvalue weighted by atomic mass is 9.95. The fourth-order valence-electron chi connectivity index (χ4n) is 2.78. The van der Waals surface area contributed by atoms with Crippen LogP contribution in [0.3, 0.4) is 0 Å². The molecule has 122 valence electrons. The van der Waals surface area contributed by atoms with Crippen LogP contribution in [0.1, 0.15) is 48.0 Å². The molecule has 0 saturated heterocycles. The molecule has 6 heteroatoms. The average Bonchev–Trinajstić information content (AvgIpc) is 2.57. The zero-order chi connectivity index (χ0) is 16.7. The summed E-state index contributed by atoms with van der Waals surface area (Å²) in [5.41, 5.74) is 2.18. The van der Waals surface area contributed by atoms with Crippen LogP contribution in [0.25, 0.3) is 0 Å². The van der Waals surface area contributed by atoms with Gasteiger partial charge in [-0.1, -0.05) is 37.1 Å². The van der Waals surface area contributed by atoms with E-state index in [-0.39, 0.29) is 11.9 Å². The van der Waals surface area contributed by atoms with Gasteiger partial charge in [0.1, 0.15) is 0 Å². The number of hydrogen-bond acceptors (Lipinski definition) is 4. The molecule has 0 aliphatic heterocycles. The van der Waals surface area contributed by atoms with Crippen molar-refractivity contribution in [1.29, 1.82) is 5.26 Å². The molecule has 2 rings (SSSR count). The molecule has 1 aromatic rings. The molecule has 0 radical (unpaired) electrons. The van der Waals surface area contributed by atoms with Crippen LogP contribution in [-0.4, -0.2) is 23.4 Å². The predicted molar refractivity (Wildman–Crippen MR) is 94.9 cm³/mol. The van der Waals surface area contributed by atoms with E-state index < -0.39 is 0 Å². The highest BCUT2D eigenvalue weighted by Crippen LogP contribution is 2.24. The molecular weight excluding hydrogens is 308 g/mol. The number of benzene rings is 1. The van der Waals surface area contributed by atoms with Gasteiger partial charge in [0.2, 0.25) is 0 Å². The van der Waals surface area contributed by atoms with E-state index in [1.807, 2.05) is 37.6 Å². The van der Waals surface area contributed by atoms with Crippen LogP contribution in [0.4, 0.5) is 5.69 Å². The van der Waals surface area contributed by atoms with Crippen molar-refractivity contribution in [2.75, 3.05) is 6.26 Å². The van der Waals surface area contributed by atoms with Crippen molar-refractivity contribution in [3.8, 4) is 6.19 Å². The van der Waals surface area contributed by atoms with Crippen LogP contribution in [-0.2, 0) is 0 Å². The van der Waals surface area contributed by atoms with E-state index in [0.29, 0.717) is 16.4 Å². The van der Waals surface area contributed by atoms with Crippen molar-refractivity contribution < 1.29 is 4.79 Å². The second-order valence-corrected chi connectivity index (χ2v) is 6.41. The summed E-state index contributed by atoms with van der Waals surface area (Å²) < 4.78 is 0.